The number of furan rings is 1. The van der Waals surface area contributed by atoms with Crippen LogP contribution in [0.2, 0.25) is 0 Å². The van der Waals surface area contributed by atoms with Gasteiger partial charge in [-0.2, -0.15) is 0 Å². The van der Waals surface area contributed by atoms with Gasteiger partial charge in [-0.05, 0) is 17.7 Å². The maximum atomic E-state index is 8.93. The van der Waals surface area contributed by atoms with Crippen molar-refractivity contribution in [3.63, 3.8) is 0 Å². The van der Waals surface area contributed by atoms with Crippen molar-refractivity contribution in [1.29, 1.82) is 0 Å². The van der Waals surface area contributed by atoms with Crippen LogP contribution in [0, 0.1) is 0 Å². The van der Waals surface area contributed by atoms with Crippen molar-refractivity contribution in [3.05, 3.63) is 36.1 Å². The van der Waals surface area contributed by atoms with Gasteiger partial charge in [-0.3, -0.25) is 0 Å². The van der Waals surface area contributed by atoms with E-state index in [4.69, 9.17) is 15.3 Å². The van der Waals surface area contributed by atoms with Crippen LogP contribution in [0.15, 0.2) is 34.9 Å². The van der Waals surface area contributed by atoms with Crippen LogP contribution in [0.5, 0.6) is 0 Å². The summed E-state index contributed by atoms with van der Waals surface area (Å²) in [5.41, 5.74) is 7.46. The summed E-state index contributed by atoms with van der Waals surface area (Å²) >= 11 is 0. The van der Waals surface area contributed by atoms with Crippen LogP contribution in [0.1, 0.15) is 11.6 Å². The van der Waals surface area contributed by atoms with Crippen molar-refractivity contribution in [1.82, 2.24) is 0 Å². The molecule has 0 spiro atoms. The second-order valence-electron chi connectivity index (χ2n) is 2.97. The van der Waals surface area contributed by atoms with E-state index in [9.17, 15) is 0 Å². The summed E-state index contributed by atoms with van der Waals surface area (Å²) in [6.07, 6.45) is 1.62. The molecule has 1 aromatic heterocycles. The van der Waals surface area contributed by atoms with Gasteiger partial charge < -0.3 is 15.3 Å². The van der Waals surface area contributed by atoms with Crippen LogP contribution in [-0.4, -0.2) is 11.7 Å². The van der Waals surface area contributed by atoms with Crippen LogP contribution in [-0.2, 0) is 0 Å². The largest absolute Gasteiger partial charge is 0.464 e. The zero-order valence-corrected chi connectivity index (χ0v) is 7.10. The van der Waals surface area contributed by atoms with Gasteiger partial charge in [0.05, 0.1) is 18.9 Å². The lowest BCUT2D eigenvalue weighted by Crippen LogP contribution is -2.14. The maximum Gasteiger partial charge on any atom is 0.134 e. The normalized spacial score (nSPS) is 13.4. The fourth-order valence-corrected chi connectivity index (χ4v) is 1.44. The Morgan fingerprint density at radius 1 is 1.38 bits per heavy atom. The fraction of sp³-hybridized carbons (Fsp3) is 0.200. The van der Waals surface area contributed by atoms with Gasteiger partial charge in [0.25, 0.3) is 0 Å². The smallest absolute Gasteiger partial charge is 0.134 e. The van der Waals surface area contributed by atoms with E-state index in [0.29, 0.717) is 0 Å². The Balaban J connectivity index is 2.60. The quantitative estimate of drug-likeness (QED) is 0.729. The highest BCUT2D eigenvalue weighted by molar-refractivity contribution is 5.81. The first-order valence-electron chi connectivity index (χ1n) is 4.15. The number of hydrogen-bond acceptors (Lipinski definition) is 3. The molecule has 1 heterocycles. The fourth-order valence-electron chi connectivity index (χ4n) is 1.44. The first-order valence-corrected chi connectivity index (χ1v) is 4.15. The third-order valence-corrected chi connectivity index (χ3v) is 2.13. The topological polar surface area (TPSA) is 59.4 Å². The Morgan fingerprint density at radius 2 is 2.23 bits per heavy atom. The summed E-state index contributed by atoms with van der Waals surface area (Å²) in [6, 6.07) is 7.18. The van der Waals surface area contributed by atoms with E-state index < -0.39 is 0 Å². The van der Waals surface area contributed by atoms with Crippen molar-refractivity contribution < 1.29 is 9.52 Å². The molecule has 68 valence electrons. The van der Waals surface area contributed by atoms with Crippen LogP contribution in [0.4, 0.5) is 0 Å². The molecule has 0 radical (unpaired) electrons. The summed E-state index contributed by atoms with van der Waals surface area (Å²) < 4.78 is 5.22. The zero-order chi connectivity index (χ0) is 9.26. The number of hydrogen-bond donors (Lipinski definition) is 2. The monoisotopic (exact) mass is 177 g/mol. The van der Waals surface area contributed by atoms with Crippen molar-refractivity contribution in [2.24, 2.45) is 5.73 Å². The second-order valence-corrected chi connectivity index (χ2v) is 2.97. The average molecular weight is 177 g/mol. The van der Waals surface area contributed by atoms with Gasteiger partial charge >= 0.3 is 0 Å². The predicted octanol–water partition coefficient (Wildman–Crippen LogP) is 1.42. The van der Waals surface area contributed by atoms with Crippen LogP contribution in [0.25, 0.3) is 11.0 Å². The minimum Gasteiger partial charge on any atom is -0.464 e. The van der Waals surface area contributed by atoms with Crippen LogP contribution < -0.4 is 5.73 Å². The number of aliphatic hydroxyl groups is 1. The van der Waals surface area contributed by atoms with Gasteiger partial charge in [-0.25, -0.2) is 0 Å². The number of rotatable bonds is 2. The molecule has 2 rings (SSSR count). The molecule has 2 aromatic rings. The first kappa shape index (κ1) is 8.29. The Bertz CT molecular complexity index is 408. The summed E-state index contributed by atoms with van der Waals surface area (Å²) in [6.45, 7) is -0.0513. The summed E-state index contributed by atoms with van der Waals surface area (Å²) in [4.78, 5) is 0. The molecule has 3 nitrogen and oxygen atoms in total. The molecule has 0 unspecified atom stereocenters. The van der Waals surface area contributed by atoms with Gasteiger partial charge in [0, 0.05) is 5.39 Å². The molecule has 1 aromatic carbocycles. The van der Waals surface area contributed by atoms with E-state index in [2.05, 4.69) is 0 Å². The minimum absolute atomic E-state index is 0.0513. The van der Waals surface area contributed by atoms with Crippen molar-refractivity contribution in [2.45, 2.75) is 6.04 Å². The predicted molar refractivity (Wildman–Crippen MR) is 50.2 cm³/mol. The van der Waals surface area contributed by atoms with Gasteiger partial charge in [-0.1, -0.05) is 12.1 Å². The number of fused-ring (bicyclic) bond motifs is 1. The Labute approximate surface area is 75.8 Å². The molecule has 0 saturated heterocycles. The molecule has 13 heavy (non-hydrogen) atoms. The zero-order valence-electron chi connectivity index (χ0n) is 7.10. The average Bonchev–Trinajstić information content (AvgIpc) is 2.63. The van der Waals surface area contributed by atoms with E-state index in [1.165, 1.54) is 0 Å². The lowest BCUT2D eigenvalue weighted by molar-refractivity contribution is 0.268. The highest BCUT2D eigenvalue weighted by Gasteiger charge is 2.09. The standard InChI is InChI=1S/C10H11NO2/c11-9(6-12)7-2-1-3-10-8(7)4-5-13-10/h1-5,9,12H,6,11H2/t9-/m0/s1. The van der Waals surface area contributed by atoms with Crippen molar-refractivity contribution >= 4 is 11.0 Å². The maximum absolute atomic E-state index is 8.93. The van der Waals surface area contributed by atoms with Crippen LogP contribution in [0.3, 0.4) is 0 Å². The Kier molecular flexibility index (Phi) is 2.04. The van der Waals surface area contributed by atoms with E-state index in [1.54, 1.807) is 6.26 Å². The van der Waals surface area contributed by atoms with Gasteiger partial charge in [0.1, 0.15) is 5.58 Å². The molecule has 0 saturated carbocycles. The highest BCUT2D eigenvalue weighted by Crippen LogP contribution is 2.23. The third kappa shape index (κ3) is 1.32. The lowest BCUT2D eigenvalue weighted by Gasteiger charge is -2.08. The Hall–Kier alpha value is -1.32. The summed E-state index contributed by atoms with van der Waals surface area (Å²) in [5.74, 6) is 0. The van der Waals surface area contributed by atoms with E-state index in [1.807, 2.05) is 24.3 Å². The number of nitrogens with two attached hydrogens (primary N) is 1. The molecule has 0 amide bonds. The SMILES string of the molecule is N[C@@H](CO)c1cccc2occc12. The van der Waals surface area contributed by atoms with E-state index in [0.717, 1.165) is 16.5 Å². The molecule has 0 bridgehead atoms. The van der Waals surface area contributed by atoms with Gasteiger partial charge in [-0.15, -0.1) is 0 Å². The number of aliphatic hydroxyl groups excluding tert-OH is 1. The molecule has 3 heteroatoms. The molecule has 0 aliphatic heterocycles. The minimum atomic E-state index is -0.332. The van der Waals surface area contributed by atoms with Gasteiger partial charge in [0.2, 0.25) is 0 Å². The van der Waals surface area contributed by atoms with Gasteiger partial charge in [0.15, 0.2) is 0 Å². The van der Waals surface area contributed by atoms with Crippen molar-refractivity contribution in [3.8, 4) is 0 Å². The molecule has 0 fully saturated rings. The number of benzene rings is 1. The molecular weight excluding hydrogens is 166 g/mol. The van der Waals surface area contributed by atoms with E-state index >= 15 is 0 Å². The lowest BCUT2D eigenvalue weighted by atomic mass is 10.0. The van der Waals surface area contributed by atoms with E-state index in [-0.39, 0.29) is 12.6 Å². The summed E-state index contributed by atoms with van der Waals surface area (Å²) in [7, 11) is 0. The first-order chi connectivity index (χ1) is 6.33. The molecule has 0 aliphatic carbocycles. The molecular formula is C10H11NO2. The van der Waals surface area contributed by atoms with Crippen molar-refractivity contribution in [2.75, 3.05) is 6.61 Å². The molecule has 0 aliphatic rings. The molecule has 3 N–H and O–H groups in total. The van der Waals surface area contributed by atoms with Crippen LogP contribution >= 0.6 is 0 Å². The second kappa shape index (κ2) is 3.20. The summed E-state index contributed by atoms with van der Waals surface area (Å²) in [5, 5.41) is 9.91. The highest BCUT2D eigenvalue weighted by atomic mass is 16.3. The Morgan fingerprint density at radius 3 is 3.00 bits per heavy atom. The molecule has 1 atom stereocenters. The third-order valence-electron chi connectivity index (χ3n) is 2.13.